The van der Waals surface area contributed by atoms with E-state index in [9.17, 15) is 0 Å². The van der Waals surface area contributed by atoms with Crippen molar-refractivity contribution in [3.05, 3.63) is 0 Å². The molecule has 0 spiro atoms. The summed E-state index contributed by atoms with van der Waals surface area (Å²) in [5.74, 6) is 8.99. The molecule has 0 aliphatic carbocycles. The Morgan fingerprint density at radius 2 is 1.08 bits per heavy atom. The van der Waals surface area contributed by atoms with Crippen LogP contribution in [0.1, 0.15) is 0 Å². The molecule has 10 heteroatoms. The number of nitrogens with one attached hydrogen (secondary N) is 2. The number of nitrogens with two attached hydrogens (primary N) is 2. The lowest BCUT2D eigenvalue weighted by molar-refractivity contribution is 0.823. The van der Waals surface area contributed by atoms with Crippen molar-refractivity contribution in [1.29, 1.82) is 11.1 Å². The molecule has 0 atom stereocenters. The highest BCUT2D eigenvalue weighted by Gasteiger charge is 1.44. The summed E-state index contributed by atoms with van der Waals surface area (Å²) in [5, 5.41) is 11.1. The van der Waals surface area contributed by atoms with E-state index in [1.165, 1.54) is 0 Å². The first-order chi connectivity index (χ1) is 4.83. The van der Waals surface area contributed by atoms with Crippen LogP contribution < -0.4 is 11.7 Å². The summed E-state index contributed by atoms with van der Waals surface area (Å²) < 4.78 is 0. The molecular weight excluding hydrogens is 168 g/mol. The summed E-state index contributed by atoms with van der Waals surface area (Å²) in [6.07, 6.45) is 1.89. The topological polar surface area (TPSA) is 212 Å². The molecule has 0 bridgehead atoms. The zero-order valence-corrected chi connectivity index (χ0v) is 6.10. The van der Waals surface area contributed by atoms with Gasteiger partial charge in [0.05, 0.1) is 0 Å². The van der Waals surface area contributed by atoms with Gasteiger partial charge in [-0.05, 0) is 0 Å². The summed E-state index contributed by atoms with van der Waals surface area (Å²) in [6, 6.07) is 0. The van der Waals surface area contributed by atoms with Gasteiger partial charge in [-0.3, -0.25) is 0 Å². The number of nitrogens with zero attached hydrogens (tertiary/aromatic N) is 4. The minimum Gasteiger partial charge on any atom is -0.412 e. The van der Waals surface area contributed by atoms with Crippen LogP contribution in [0.5, 0.6) is 0 Å². The van der Waals surface area contributed by atoms with Crippen LogP contribution >= 0.6 is 0 Å². The molecular formula is C2H12N8O2. The standard InChI is InChI=1S/2CH4N4.2H2O/c2*2-4-1-5-3;;/h2*1-2H,3H2;2*1H2. The van der Waals surface area contributed by atoms with E-state index >= 15 is 0 Å². The van der Waals surface area contributed by atoms with Gasteiger partial charge in [0.25, 0.3) is 0 Å². The Morgan fingerprint density at radius 3 is 1.08 bits per heavy atom. The third-order valence-corrected chi connectivity index (χ3v) is 0.249. The third-order valence-electron chi connectivity index (χ3n) is 0.249. The molecule has 72 valence electrons. The zero-order chi connectivity index (χ0) is 8.24. The molecule has 10 N–H and O–H groups in total. The maximum Gasteiger partial charge on any atom is 0.156 e. The fraction of sp³-hybridized carbons (Fsp3) is 0. The van der Waals surface area contributed by atoms with Gasteiger partial charge < -0.3 is 22.6 Å². The molecule has 0 fully saturated rings. The SMILES string of the molecule is N=NC=NN.N=NC=NN.O.O. The Hall–Kier alpha value is -1.94. The van der Waals surface area contributed by atoms with E-state index in [1.54, 1.807) is 0 Å². The van der Waals surface area contributed by atoms with Crippen molar-refractivity contribution in [3.8, 4) is 0 Å². The second-order valence-corrected chi connectivity index (χ2v) is 0.787. The summed E-state index contributed by atoms with van der Waals surface area (Å²) in [4.78, 5) is 0. The Labute approximate surface area is 68.0 Å². The summed E-state index contributed by atoms with van der Waals surface area (Å²) in [6.45, 7) is 0. The van der Waals surface area contributed by atoms with Gasteiger partial charge in [-0.2, -0.15) is 10.2 Å². The van der Waals surface area contributed by atoms with Crippen molar-refractivity contribution in [2.75, 3.05) is 0 Å². The van der Waals surface area contributed by atoms with E-state index in [2.05, 4.69) is 32.1 Å². The van der Waals surface area contributed by atoms with E-state index < -0.39 is 0 Å². The molecule has 0 saturated carbocycles. The van der Waals surface area contributed by atoms with Gasteiger partial charge in [-0.1, -0.05) is 0 Å². The predicted molar refractivity (Wildman–Crippen MR) is 42.9 cm³/mol. The molecule has 0 aromatic heterocycles. The van der Waals surface area contributed by atoms with Crippen LogP contribution in [0.15, 0.2) is 20.4 Å². The predicted octanol–water partition coefficient (Wildman–Crippen LogP) is -1.81. The van der Waals surface area contributed by atoms with Crippen LogP contribution in [0.25, 0.3) is 0 Å². The minimum absolute atomic E-state index is 0. The van der Waals surface area contributed by atoms with Crippen molar-refractivity contribution < 1.29 is 11.0 Å². The van der Waals surface area contributed by atoms with Gasteiger partial charge in [-0.25, -0.2) is 11.1 Å². The molecule has 0 radical (unpaired) electrons. The van der Waals surface area contributed by atoms with E-state index in [-0.39, 0.29) is 11.0 Å². The fourth-order valence-corrected chi connectivity index (χ4v) is 0.0667. The lowest BCUT2D eigenvalue weighted by Crippen LogP contribution is -1.75. The zero-order valence-electron chi connectivity index (χ0n) is 6.10. The molecule has 0 aromatic rings. The van der Waals surface area contributed by atoms with E-state index in [4.69, 9.17) is 11.1 Å². The lowest BCUT2D eigenvalue weighted by Gasteiger charge is -1.58. The minimum atomic E-state index is 0. The van der Waals surface area contributed by atoms with Crippen molar-refractivity contribution >= 4 is 12.7 Å². The van der Waals surface area contributed by atoms with Crippen LogP contribution in [0.4, 0.5) is 0 Å². The summed E-state index contributed by atoms with van der Waals surface area (Å²) >= 11 is 0. The van der Waals surface area contributed by atoms with Gasteiger partial charge in [0.2, 0.25) is 0 Å². The molecule has 10 nitrogen and oxygen atoms in total. The van der Waals surface area contributed by atoms with Crippen LogP contribution in [0.2, 0.25) is 0 Å². The van der Waals surface area contributed by atoms with Crippen LogP contribution in [0.3, 0.4) is 0 Å². The van der Waals surface area contributed by atoms with Crippen LogP contribution in [-0.2, 0) is 0 Å². The fourth-order valence-electron chi connectivity index (χ4n) is 0.0667. The summed E-state index contributed by atoms with van der Waals surface area (Å²) in [7, 11) is 0. The Morgan fingerprint density at radius 1 is 0.833 bits per heavy atom. The third kappa shape index (κ3) is 94.7. The Balaban J connectivity index is -0.0000000457. The molecule has 0 aliphatic rings. The van der Waals surface area contributed by atoms with Crippen LogP contribution in [-0.4, -0.2) is 23.6 Å². The summed E-state index contributed by atoms with van der Waals surface area (Å²) in [5.41, 5.74) is 12.0. The maximum absolute atomic E-state index is 6.00. The quantitative estimate of drug-likeness (QED) is 0.127. The number of rotatable bonds is 2. The molecule has 0 aromatic carbocycles. The van der Waals surface area contributed by atoms with Crippen LogP contribution in [0, 0.1) is 11.1 Å². The van der Waals surface area contributed by atoms with Crippen molar-refractivity contribution in [1.82, 2.24) is 0 Å². The van der Waals surface area contributed by atoms with Crippen molar-refractivity contribution in [3.63, 3.8) is 0 Å². The first kappa shape index (κ1) is 22.5. The lowest BCUT2D eigenvalue weighted by atomic mass is 11.4. The monoisotopic (exact) mass is 180 g/mol. The van der Waals surface area contributed by atoms with Gasteiger partial charge in [0, 0.05) is 0 Å². The van der Waals surface area contributed by atoms with E-state index in [1.807, 2.05) is 0 Å². The molecule has 0 heterocycles. The van der Waals surface area contributed by atoms with Gasteiger partial charge in [0.15, 0.2) is 12.7 Å². The number of hydrogen-bond donors (Lipinski definition) is 4. The highest BCUT2D eigenvalue weighted by Crippen LogP contribution is 1.45. The largest absolute Gasteiger partial charge is 0.412 e. The molecule has 0 unspecified atom stereocenters. The molecule has 0 aliphatic heterocycles. The van der Waals surface area contributed by atoms with Gasteiger partial charge in [0.1, 0.15) is 0 Å². The second kappa shape index (κ2) is 35.7. The highest BCUT2D eigenvalue weighted by molar-refractivity contribution is 5.53. The first-order valence-electron chi connectivity index (χ1n) is 2.00. The molecule has 12 heavy (non-hydrogen) atoms. The highest BCUT2D eigenvalue weighted by atomic mass is 16.0. The Bertz CT molecular complexity index is 115. The first-order valence-corrected chi connectivity index (χ1v) is 2.00. The molecule has 0 rings (SSSR count). The smallest absolute Gasteiger partial charge is 0.156 e. The normalized spacial score (nSPS) is 7.33. The number of hydrazone groups is 2. The molecule has 0 amide bonds. The Kier molecular flexibility index (Phi) is 66.9. The molecule has 0 saturated heterocycles. The van der Waals surface area contributed by atoms with Crippen molar-refractivity contribution in [2.45, 2.75) is 0 Å². The average Bonchev–Trinajstić information content (AvgIpc) is 1.93. The van der Waals surface area contributed by atoms with E-state index in [0.717, 1.165) is 12.7 Å². The van der Waals surface area contributed by atoms with Gasteiger partial charge in [-0.15, -0.1) is 10.2 Å². The number of hydrogen-bond acceptors (Lipinski definition) is 6. The second-order valence-electron chi connectivity index (χ2n) is 0.787. The van der Waals surface area contributed by atoms with Gasteiger partial charge >= 0.3 is 0 Å². The van der Waals surface area contributed by atoms with E-state index in [0.29, 0.717) is 0 Å². The average molecular weight is 180 g/mol. The van der Waals surface area contributed by atoms with Crippen molar-refractivity contribution in [2.24, 2.45) is 32.1 Å². The maximum atomic E-state index is 6.00.